The van der Waals surface area contributed by atoms with Crippen LogP contribution in [0.2, 0.25) is 0 Å². The summed E-state index contributed by atoms with van der Waals surface area (Å²) in [5.74, 6) is -0.844. The van der Waals surface area contributed by atoms with Gasteiger partial charge in [0, 0.05) is 24.2 Å². The van der Waals surface area contributed by atoms with Gasteiger partial charge in [0.25, 0.3) is 0 Å². The van der Waals surface area contributed by atoms with Crippen molar-refractivity contribution in [3.05, 3.63) is 23.5 Å². The molecule has 132 valence electrons. The lowest BCUT2D eigenvalue weighted by Gasteiger charge is -2.31. The first-order valence-electron chi connectivity index (χ1n) is 8.37. The topological polar surface area (TPSA) is 66.5 Å². The van der Waals surface area contributed by atoms with Gasteiger partial charge in [-0.15, -0.1) is 0 Å². The third-order valence-corrected chi connectivity index (χ3v) is 6.94. The second kappa shape index (κ2) is 6.11. The molecule has 1 atom stereocenters. The van der Waals surface area contributed by atoms with Gasteiger partial charge >= 0.3 is 0 Å². The zero-order valence-corrected chi connectivity index (χ0v) is 15.0. The fourth-order valence-corrected chi connectivity index (χ4v) is 5.17. The minimum absolute atomic E-state index is 0.0393. The molecule has 1 aliphatic heterocycles. The Labute approximate surface area is 142 Å². The Morgan fingerprint density at radius 1 is 1.21 bits per heavy atom. The molecular weight excluding hydrogens is 331 g/mol. The van der Waals surface area contributed by atoms with Crippen molar-refractivity contribution in [2.45, 2.75) is 63.4 Å². The second-order valence-electron chi connectivity index (χ2n) is 7.04. The summed E-state index contributed by atoms with van der Waals surface area (Å²) in [5, 5.41) is 2.60. The summed E-state index contributed by atoms with van der Waals surface area (Å²) in [4.78, 5) is 11.1. The Hall–Kier alpha value is -1.47. The molecular formula is C17H23FN2O3S. The molecule has 5 nitrogen and oxygen atoms in total. The van der Waals surface area contributed by atoms with E-state index in [0.717, 1.165) is 18.9 Å². The lowest BCUT2D eigenvalue weighted by atomic mass is 10.0. The molecule has 0 spiro atoms. The van der Waals surface area contributed by atoms with Crippen molar-refractivity contribution in [1.29, 1.82) is 0 Å². The van der Waals surface area contributed by atoms with Crippen molar-refractivity contribution in [2.75, 3.05) is 5.32 Å². The summed E-state index contributed by atoms with van der Waals surface area (Å²) in [6.07, 6.45) is 2.35. The number of carbonyl (C=O) groups is 1. The zero-order valence-electron chi connectivity index (χ0n) is 14.2. The number of hydrogen-bond acceptors (Lipinski definition) is 3. The van der Waals surface area contributed by atoms with Gasteiger partial charge < -0.3 is 5.32 Å². The number of carbonyl (C=O) groups excluding carboxylic acids is 1. The summed E-state index contributed by atoms with van der Waals surface area (Å²) in [6.45, 7) is 5.81. The van der Waals surface area contributed by atoms with Crippen LogP contribution in [0.4, 0.5) is 10.1 Å². The molecule has 1 amide bonds. The van der Waals surface area contributed by atoms with Crippen molar-refractivity contribution in [2.24, 2.45) is 5.92 Å². The van der Waals surface area contributed by atoms with E-state index in [4.69, 9.17) is 0 Å². The Morgan fingerprint density at radius 2 is 1.88 bits per heavy atom. The maximum atomic E-state index is 14.6. The summed E-state index contributed by atoms with van der Waals surface area (Å²) >= 11 is 0. The highest BCUT2D eigenvalue weighted by atomic mass is 32.2. The van der Waals surface area contributed by atoms with Crippen LogP contribution in [0.25, 0.3) is 0 Å². The molecule has 0 radical (unpaired) electrons. The molecule has 24 heavy (non-hydrogen) atoms. The van der Waals surface area contributed by atoms with E-state index >= 15 is 0 Å². The molecule has 7 heteroatoms. The minimum Gasteiger partial charge on any atom is -0.326 e. The number of halogens is 1. The van der Waals surface area contributed by atoms with Gasteiger partial charge in [-0.25, -0.2) is 12.8 Å². The molecule has 1 aliphatic carbocycles. The van der Waals surface area contributed by atoms with Gasteiger partial charge in [0.1, 0.15) is 10.7 Å². The Balaban J connectivity index is 2.04. The first-order valence-corrected chi connectivity index (χ1v) is 9.81. The van der Waals surface area contributed by atoms with Crippen LogP contribution in [0.15, 0.2) is 17.0 Å². The molecule has 1 aromatic carbocycles. The van der Waals surface area contributed by atoms with Crippen LogP contribution in [-0.2, 0) is 21.2 Å². The van der Waals surface area contributed by atoms with Gasteiger partial charge in [0.15, 0.2) is 0 Å². The first-order chi connectivity index (χ1) is 11.2. The second-order valence-corrected chi connectivity index (χ2v) is 8.85. The number of anilines is 1. The molecule has 3 rings (SSSR count). The predicted molar refractivity (Wildman–Crippen MR) is 89.7 cm³/mol. The number of benzene rings is 1. The third kappa shape index (κ3) is 3.07. The van der Waals surface area contributed by atoms with Crippen molar-refractivity contribution in [1.82, 2.24) is 4.31 Å². The monoisotopic (exact) mass is 354 g/mol. The average Bonchev–Trinajstić information content (AvgIpc) is 3.30. The number of amides is 1. The quantitative estimate of drug-likeness (QED) is 0.884. The number of hydrogen-bond donors (Lipinski definition) is 1. The maximum Gasteiger partial charge on any atom is 0.246 e. The lowest BCUT2D eigenvalue weighted by Crippen LogP contribution is -2.43. The predicted octanol–water partition coefficient (Wildman–Crippen LogP) is 2.91. The number of nitrogens with one attached hydrogen (secondary N) is 1. The molecule has 1 unspecified atom stereocenters. The average molecular weight is 354 g/mol. The molecule has 1 saturated carbocycles. The fourth-order valence-electron chi connectivity index (χ4n) is 3.06. The van der Waals surface area contributed by atoms with Crippen LogP contribution in [-0.4, -0.2) is 30.7 Å². The van der Waals surface area contributed by atoms with Crippen LogP contribution < -0.4 is 5.32 Å². The molecule has 1 N–H and O–H groups in total. The van der Waals surface area contributed by atoms with Crippen molar-refractivity contribution in [3.8, 4) is 0 Å². The van der Waals surface area contributed by atoms with Gasteiger partial charge in [0.2, 0.25) is 15.9 Å². The number of aryl methyl sites for hydroxylation is 1. The smallest absolute Gasteiger partial charge is 0.246 e. The normalized spacial score (nSPS) is 19.3. The Kier molecular flexibility index (Phi) is 4.42. The largest absolute Gasteiger partial charge is 0.326 e. The summed E-state index contributed by atoms with van der Waals surface area (Å²) in [7, 11) is -3.91. The number of fused-ring (bicyclic) bond motifs is 1. The van der Waals surface area contributed by atoms with Crippen LogP contribution >= 0.6 is 0 Å². The maximum absolute atomic E-state index is 14.6. The van der Waals surface area contributed by atoms with E-state index in [0.29, 0.717) is 17.7 Å². The van der Waals surface area contributed by atoms with Gasteiger partial charge in [-0.05, 0) is 49.8 Å². The highest BCUT2D eigenvalue weighted by molar-refractivity contribution is 7.89. The molecule has 1 heterocycles. The molecule has 0 bridgehead atoms. The minimum atomic E-state index is -3.91. The Morgan fingerprint density at radius 3 is 2.46 bits per heavy atom. The lowest BCUT2D eigenvalue weighted by molar-refractivity contribution is -0.116. The molecule has 0 saturated heterocycles. The van der Waals surface area contributed by atoms with E-state index in [9.17, 15) is 17.6 Å². The van der Waals surface area contributed by atoms with Crippen LogP contribution in [0.1, 0.15) is 45.6 Å². The van der Waals surface area contributed by atoms with E-state index in [2.05, 4.69) is 5.32 Å². The van der Waals surface area contributed by atoms with E-state index in [1.165, 1.54) is 10.4 Å². The molecule has 2 aliphatic rings. The summed E-state index contributed by atoms with van der Waals surface area (Å²) < 4.78 is 42.3. The van der Waals surface area contributed by atoms with Gasteiger partial charge in [-0.2, -0.15) is 4.31 Å². The highest BCUT2D eigenvalue weighted by Crippen LogP contribution is 2.37. The zero-order chi connectivity index (χ0) is 17.6. The van der Waals surface area contributed by atoms with Crippen molar-refractivity contribution < 1.29 is 17.6 Å². The van der Waals surface area contributed by atoms with Crippen LogP contribution in [0.3, 0.4) is 0 Å². The third-order valence-electron chi connectivity index (χ3n) is 4.88. The van der Waals surface area contributed by atoms with Crippen LogP contribution in [0.5, 0.6) is 0 Å². The summed E-state index contributed by atoms with van der Waals surface area (Å²) in [6, 6.07) is 2.28. The first kappa shape index (κ1) is 17.4. The number of sulfonamides is 1. The molecule has 1 aromatic rings. The van der Waals surface area contributed by atoms with Gasteiger partial charge in [-0.1, -0.05) is 13.8 Å². The highest BCUT2D eigenvalue weighted by Gasteiger charge is 2.43. The van der Waals surface area contributed by atoms with E-state index in [-0.39, 0.29) is 35.2 Å². The van der Waals surface area contributed by atoms with Gasteiger partial charge in [0.05, 0.1) is 0 Å². The van der Waals surface area contributed by atoms with E-state index in [1.807, 2.05) is 20.8 Å². The number of nitrogens with zero attached hydrogens (tertiary/aromatic N) is 1. The number of rotatable bonds is 5. The standard InChI is InChI=1S/C17H23FN2O3S/c1-10(2)11(3)20(13-5-6-13)24(22,23)16-8-12-4-7-17(21)19-15(12)9-14(16)18/h8-11,13H,4-7H2,1-3H3,(H,19,21). The molecule has 0 aromatic heterocycles. The van der Waals surface area contributed by atoms with Crippen molar-refractivity contribution in [3.63, 3.8) is 0 Å². The Bertz CT molecular complexity index is 772. The summed E-state index contributed by atoms with van der Waals surface area (Å²) in [5.41, 5.74) is 1.04. The van der Waals surface area contributed by atoms with E-state index < -0.39 is 15.8 Å². The van der Waals surface area contributed by atoms with Crippen LogP contribution in [0, 0.1) is 11.7 Å². The van der Waals surface area contributed by atoms with Gasteiger partial charge in [-0.3, -0.25) is 4.79 Å². The fraction of sp³-hybridized carbons (Fsp3) is 0.588. The van der Waals surface area contributed by atoms with E-state index in [1.54, 1.807) is 0 Å². The molecule has 1 fully saturated rings. The van der Waals surface area contributed by atoms with Crippen molar-refractivity contribution >= 4 is 21.6 Å². The SMILES string of the molecule is CC(C)C(C)N(C1CC1)S(=O)(=O)c1cc2c(cc1F)NC(=O)CC2.